The summed E-state index contributed by atoms with van der Waals surface area (Å²) in [6, 6.07) is 143. The van der Waals surface area contributed by atoms with Gasteiger partial charge in [0.25, 0.3) is 0 Å². The molecule has 18 aromatic carbocycles. The molecule has 6 heterocycles. The van der Waals surface area contributed by atoms with Crippen LogP contribution in [0.2, 0.25) is 0 Å². The van der Waals surface area contributed by atoms with Crippen molar-refractivity contribution in [2.24, 2.45) is 0 Å². The Hall–Kier alpha value is -15.1. The van der Waals surface area contributed by atoms with Gasteiger partial charge >= 0.3 is 0 Å². The lowest BCUT2D eigenvalue weighted by atomic mass is 9.92. The second-order valence-corrected chi connectivity index (χ2v) is 32.3. The summed E-state index contributed by atoms with van der Waals surface area (Å²) in [6.45, 7) is 0. The lowest BCUT2D eigenvalue weighted by molar-refractivity contribution is 1.18. The highest BCUT2D eigenvalue weighted by Gasteiger charge is 2.23. The van der Waals surface area contributed by atoms with E-state index in [2.05, 4.69) is 328 Å². The third-order valence-electron chi connectivity index (χ3n) is 23.3. The van der Waals surface area contributed by atoms with Gasteiger partial charge in [-0.05, 0) is 135 Å². The number of hydrogen-bond donors (Lipinski definition) is 0. The molecule has 0 saturated heterocycles. The number of hydrogen-bond acceptors (Lipinski definition) is 8. The third-order valence-corrected chi connectivity index (χ3v) is 25.7. The van der Waals surface area contributed by atoms with Crippen molar-refractivity contribution < 1.29 is 0 Å². The van der Waals surface area contributed by atoms with Gasteiger partial charge in [0.2, 0.25) is 0 Å². The zero-order chi connectivity index (χ0) is 77.7. The molecule has 6 nitrogen and oxygen atoms in total. The Morgan fingerprint density at radius 2 is 0.398 bits per heavy atom. The average molecular weight is 1540 g/mol. The Kier molecular flexibility index (Phi) is 16.5. The van der Waals surface area contributed by atoms with E-state index in [1.165, 1.54) is 116 Å². The highest BCUT2D eigenvalue weighted by atomic mass is 32.1. The van der Waals surface area contributed by atoms with Crippen molar-refractivity contribution >= 4 is 149 Å². The van der Waals surface area contributed by atoms with Crippen LogP contribution in [0.5, 0.6) is 0 Å². The molecule has 0 unspecified atom stereocenters. The van der Waals surface area contributed by atoms with Crippen LogP contribution in [0.1, 0.15) is 0 Å². The topological polar surface area (TPSA) is 77.3 Å². The van der Waals surface area contributed by atoms with Crippen molar-refractivity contribution in [3.8, 4) is 113 Å². The van der Waals surface area contributed by atoms with Crippen molar-refractivity contribution in [3.05, 3.63) is 400 Å². The maximum absolute atomic E-state index is 5.56. The second-order valence-electron chi connectivity index (χ2n) is 30.2. The summed E-state index contributed by atoms with van der Waals surface area (Å²) in [5.74, 6) is 1.41. The Bertz CT molecular complexity index is 7480. The minimum atomic E-state index is 0.699. The standard InChI is InChI=1S/2C55H33N3S/c1-3-13-35(14-4-1)48-33-49(58-55(57-48)37-15-5-2-6-16-37)36-25-23-34(24-26-36)38-27-30-45-50(32-38)56-53(52-46-21-11-12-22-51(46)59-54(45)52)39-28-29-44-42-19-8-7-17-40(42)41-18-9-10-20-43(41)47(44)31-39;1-3-13-35(14-4-1)48-33-49(36-15-5-2-6-16-36)58-55(57-48)37-25-23-34(24-26-37)38-27-30-45-50(32-38)56-53(52-46-21-11-12-22-51(46)59-54(45)52)39-28-29-44-42-19-8-7-17-40(42)41-18-9-10-20-43(41)47(44)31-39/h2*1-33H. The Labute approximate surface area is 687 Å². The van der Waals surface area contributed by atoms with E-state index in [1.54, 1.807) is 0 Å². The molecule has 0 fully saturated rings. The molecule has 0 aliphatic rings. The van der Waals surface area contributed by atoms with Crippen LogP contribution in [-0.2, 0) is 0 Å². The summed E-state index contributed by atoms with van der Waals surface area (Å²) in [4.78, 5) is 31.3. The van der Waals surface area contributed by atoms with Crippen molar-refractivity contribution in [1.82, 2.24) is 29.9 Å². The van der Waals surface area contributed by atoms with Crippen molar-refractivity contribution in [2.75, 3.05) is 0 Å². The lowest BCUT2D eigenvalue weighted by Crippen LogP contribution is -1.96. The van der Waals surface area contributed by atoms with Gasteiger partial charge in [-0.3, -0.25) is 0 Å². The smallest absolute Gasteiger partial charge is 0.160 e. The molecule has 118 heavy (non-hydrogen) atoms. The molecule has 0 spiro atoms. The van der Waals surface area contributed by atoms with E-state index in [9.17, 15) is 0 Å². The molecule has 0 amide bonds. The van der Waals surface area contributed by atoms with Crippen LogP contribution in [0, 0.1) is 0 Å². The van der Waals surface area contributed by atoms with Gasteiger partial charge in [0.15, 0.2) is 11.6 Å². The van der Waals surface area contributed by atoms with E-state index >= 15 is 0 Å². The summed E-state index contributed by atoms with van der Waals surface area (Å²) in [5.41, 5.74) is 20.5. The molecule has 548 valence electrons. The molecule has 0 bridgehead atoms. The van der Waals surface area contributed by atoms with Gasteiger partial charge in [-0.1, -0.05) is 352 Å². The van der Waals surface area contributed by atoms with E-state index in [0.717, 1.165) is 112 Å². The molecule has 0 aliphatic heterocycles. The summed E-state index contributed by atoms with van der Waals surface area (Å²) >= 11 is 3.71. The van der Waals surface area contributed by atoms with Crippen molar-refractivity contribution in [2.45, 2.75) is 0 Å². The molecule has 24 rings (SSSR count). The predicted molar refractivity (Wildman–Crippen MR) is 500 cm³/mol. The van der Waals surface area contributed by atoms with Crippen molar-refractivity contribution in [1.29, 1.82) is 0 Å². The maximum Gasteiger partial charge on any atom is 0.160 e. The average Bonchev–Trinajstić information content (AvgIpc) is 1.72. The largest absolute Gasteiger partial charge is 0.247 e. The van der Waals surface area contributed by atoms with E-state index in [-0.39, 0.29) is 0 Å². The van der Waals surface area contributed by atoms with Crippen LogP contribution >= 0.6 is 22.7 Å². The van der Waals surface area contributed by atoms with Crippen LogP contribution in [0.3, 0.4) is 0 Å². The zero-order valence-corrected chi connectivity index (χ0v) is 65.2. The van der Waals surface area contributed by atoms with Crippen LogP contribution in [0.4, 0.5) is 0 Å². The number of nitrogens with zero attached hydrogens (tertiary/aromatic N) is 6. The van der Waals surface area contributed by atoms with E-state index < -0.39 is 0 Å². The highest BCUT2D eigenvalue weighted by Crippen LogP contribution is 2.49. The third kappa shape index (κ3) is 11.9. The molecule has 0 aliphatic carbocycles. The fourth-order valence-corrected chi connectivity index (χ4v) is 20.1. The van der Waals surface area contributed by atoms with E-state index in [0.29, 0.717) is 11.6 Å². The van der Waals surface area contributed by atoms with Crippen LogP contribution in [0.25, 0.3) is 239 Å². The van der Waals surface area contributed by atoms with Crippen LogP contribution in [-0.4, -0.2) is 29.9 Å². The summed E-state index contributed by atoms with van der Waals surface area (Å²) in [7, 11) is 0. The quantitative estimate of drug-likeness (QED) is 0.127. The molecule has 0 N–H and O–H groups in total. The minimum Gasteiger partial charge on any atom is -0.247 e. The first-order valence-electron chi connectivity index (χ1n) is 39.9. The first-order valence-corrected chi connectivity index (χ1v) is 41.5. The first kappa shape index (κ1) is 68.5. The zero-order valence-electron chi connectivity index (χ0n) is 63.6. The van der Waals surface area contributed by atoms with Gasteiger partial charge in [0.05, 0.1) is 45.2 Å². The summed E-state index contributed by atoms with van der Waals surface area (Å²) in [5, 5.41) is 22.4. The number of benzene rings is 18. The van der Waals surface area contributed by atoms with Crippen molar-refractivity contribution in [3.63, 3.8) is 0 Å². The predicted octanol–water partition coefficient (Wildman–Crippen LogP) is 30.4. The van der Waals surface area contributed by atoms with Gasteiger partial charge in [0, 0.05) is 95.6 Å². The van der Waals surface area contributed by atoms with Gasteiger partial charge < -0.3 is 0 Å². The molecule has 0 radical (unpaired) electrons. The molecular formula is C110H66N6S2. The normalized spacial score (nSPS) is 11.7. The number of thiophene rings is 2. The van der Waals surface area contributed by atoms with E-state index in [1.807, 2.05) is 95.5 Å². The maximum atomic E-state index is 5.56. The van der Waals surface area contributed by atoms with Crippen LogP contribution in [0.15, 0.2) is 400 Å². The monoisotopic (exact) mass is 1530 g/mol. The summed E-state index contributed by atoms with van der Waals surface area (Å²) in [6.07, 6.45) is 0. The lowest BCUT2D eigenvalue weighted by Gasteiger charge is -2.13. The van der Waals surface area contributed by atoms with E-state index in [4.69, 9.17) is 29.9 Å². The number of aromatic nitrogens is 6. The second kappa shape index (κ2) is 28.5. The Morgan fingerprint density at radius 1 is 0.153 bits per heavy atom. The van der Waals surface area contributed by atoms with Gasteiger partial charge in [-0.15, -0.1) is 22.7 Å². The SMILES string of the molecule is c1ccc(-c2cc(-c3ccc(-c4ccc5c(c4)nc(-c4ccc6c7ccccc7c7ccccc7c6c4)c4c6ccccc6sc54)cc3)nc(-c3ccccc3)n2)cc1.c1ccc(-c2cc(-c3ccccc3)nc(-c3ccc(-c4ccc5c(c4)nc(-c4ccc6c7ccccc7c7ccccc7c6c4)c4c6ccccc6sc54)cc3)n2)cc1. The molecule has 8 heteroatoms. The number of rotatable bonds is 10. The van der Waals surface area contributed by atoms with Gasteiger partial charge in [-0.25, -0.2) is 29.9 Å². The molecule has 0 saturated carbocycles. The summed E-state index contributed by atoms with van der Waals surface area (Å²) < 4.78 is 5.07. The molecular weight excluding hydrogens is 1470 g/mol. The fourth-order valence-electron chi connectivity index (χ4n) is 17.6. The fraction of sp³-hybridized carbons (Fsp3) is 0. The molecule has 0 atom stereocenters. The Morgan fingerprint density at radius 3 is 0.754 bits per heavy atom. The minimum absolute atomic E-state index is 0.699. The first-order chi connectivity index (χ1) is 58.5. The highest BCUT2D eigenvalue weighted by molar-refractivity contribution is 7.27. The molecule has 24 aromatic rings. The Balaban J connectivity index is 0.000000138. The number of pyridine rings is 2. The van der Waals surface area contributed by atoms with Gasteiger partial charge in [-0.2, -0.15) is 0 Å². The molecule has 6 aromatic heterocycles. The van der Waals surface area contributed by atoms with Crippen LogP contribution < -0.4 is 0 Å². The van der Waals surface area contributed by atoms with Gasteiger partial charge in [0.1, 0.15) is 0 Å². The number of fused-ring (bicyclic) bond motifs is 22.